The minimum atomic E-state index is -0.249. The lowest BCUT2D eigenvalue weighted by molar-refractivity contribution is -0.383. The first kappa shape index (κ1) is 28.8. The van der Waals surface area contributed by atoms with Gasteiger partial charge in [-0.15, -0.1) is 0 Å². The quantitative estimate of drug-likeness (QED) is 0.130. The smallest absolute Gasteiger partial charge is 0.284 e. The Bertz CT molecular complexity index is 1910. The summed E-state index contributed by atoms with van der Waals surface area (Å²) >= 11 is 0. The van der Waals surface area contributed by atoms with E-state index in [1.54, 1.807) is 0 Å². The summed E-state index contributed by atoms with van der Waals surface area (Å²) in [4.78, 5) is 12.6. The maximum Gasteiger partial charge on any atom is 0.284 e. The van der Waals surface area contributed by atoms with Crippen LogP contribution in [0.1, 0.15) is 28.2 Å². The van der Waals surface area contributed by atoms with E-state index >= 15 is 0 Å². The van der Waals surface area contributed by atoms with Crippen LogP contribution in [0, 0.1) is 16.0 Å². The van der Waals surface area contributed by atoms with Crippen molar-refractivity contribution in [2.75, 3.05) is 0 Å². The zero-order valence-corrected chi connectivity index (χ0v) is 25.1. The van der Waals surface area contributed by atoms with Crippen LogP contribution < -0.4 is 0 Å². The van der Waals surface area contributed by atoms with Crippen molar-refractivity contribution in [3.8, 4) is 22.3 Å². The molecule has 0 saturated heterocycles. The van der Waals surface area contributed by atoms with E-state index in [0.29, 0.717) is 11.1 Å². The van der Waals surface area contributed by atoms with E-state index in [1.807, 2.05) is 127 Å². The summed E-state index contributed by atoms with van der Waals surface area (Å²) in [5.74, 6) is 1.26. The van der Waals surface area contributed by atoms with Crippen LogP contribution in [0.5, 0.6) is 0 Å². The Hall–Kier alpha value is -6.00. The van der Waals surface area contributed by atoms with Gasteiger partial charge in [-0.1, -0.05) is 152 Å². The summed E-state index contributed by atoms with van der Waals surface area (Å²) in [5, 5.41) is 12.8. The third kappa shape index (κ3) is 5.89. The largest absolute Gasteiger partial charge is 0.457 e. The number of nitro groups is 1. The van der Waals surface area contributed by atoms with E-state index in [9.17, 15) is 10.1 Å². The van der Waals surface area contributed by atoms with Gasteiger partial charge in [0.05, 0.1) is 16.1 Å². The zero-order chi connectivity index (χ0) is 31.3. The SMILES string of the molecule is O=[N+]([O-])c1c(-c2ccccc2)cc([C@H](c2ccccc2)C2C=C(c3ccccc3)OC(c3ccccc3)=C2)cc1-c1ccccc1. The first-order valence-corrected chi connectivity index (χ1v) is 15.4. The Morgan fingerprint density at radius 3 is 1.26 bits per heavy atom. The summed E-state index contributed by atoms with van der Waals surface area (Å²) in [7, 11) is 0. The van der Waals surface area contributed by atoms with E-state index in [1.165, 1.54) is 0 Å². The standard InChI is InChI=1S/C42H31NO3/c44-43(45)42-37(30-16-6-1-7-17-30)26-35(27-38(42)31-18-8-2-9-19-31)41(34-24-14-5-15-25-34)36-28-39(32-20-10-3-11-21-32)46-40(29-36)33-22-12-4-13-23-33/h1-29,36,41H/t41-/m0/s1. The Labute approximate surface area is 268 Å². The molecule has 1 heterocycles. The first-order chi connectivity index (χ1) is 22.7. The van der Waals surface area contributed by atoms with Crippen molar-refractivity contribution in [1.82, 2.24) is 0 Å². The van der Waals surface area contributed by atoms with E-state index in [-0.39, 0.29) is 22.4 Å². The minimum absolute atomic E-state index is 0.0981. The number of nitro benzene ring substituents is 1. The maximum atomic E-state index is 12.8. The van der Waals surface area contributed by atoms with E-state index < -0.39 is 0 Å². The van der Waals surface area contributed by atoms with Crippen molar-refractivity contribution < 1.29 is 9.66 Å². The molecule has 7 rings (SSSR count). The normalized spacial score (nSPS) is 13.7. The van der Waals surface area contributed by atoms with Crippen molar-refractivity contribution in [1.29, 1.82) is 0 Å². The number of allylic oxidation sites excluding steroid dienone is 2. The van der Waals surface area contributed by atoms with Crippen LogP contribution in [-0.2, 0) is 4.74 Å². The molecule has 46 heavy (non-hydrogen) atoms. The number of nitrogens with zero attached hydrogens (tertiary/aromatic N) is 1. The van der Waals surface area contributed by atoms with Gasteiger partial charge in [-0.25, -0.2) is 0 Å². The molecule has 6 aromatic rings. The Kier molecular flexibility index (Phi) is 8.08. The summed E-state index contributed by atoms with van der Waals surface area (Å²) in [5.41, 5.74) is 6.94. The molecule has 0 amide bonds. The summed E-state index contributed by atoms with van der Waals surface area (Å²) in [6, 6.07) is 54.0. The lowest BCUT2D eigenvalue weighted by atomic mass is 9.77. The second-order valence-electron chi connectivity index (χ2n) is 11.3. The van der Waals surface area contributed by atoms with Crippen molar-refractivity contribution >= 4 is 17.2 Å². The molecule has 0 unspecified atom stereocenters. The molecular formula is C42H31NO3. The lowest BCUT2D eigenvalue weighted by Crippen LogP contribution is -2.16. The highest BCUT2D eigenvalue weighted by molar-refractivity contribution is 5.87. The average molecular weight is 598 g/mol. The van der Waals surface area contributed by atoms with Crippen LogP contribution in [0.15, 0.2) is 176 Å². The highest BCUT2D eigenvalue weighted by atomic mass is 16.6. The number of hydrogen-bond donors (Lipinski definition) is 0. The van der Waals surface area contributed by atoms with E-state index in [2.05, 4.69) is 48.6 Å². The van der Waals surface area contributed by atoms with Crippen molar-refractivity contribution in [3.63, 3.8) is 0 Å². The lowest BCUT2D eigenvalue weighted by Gasteiger charge is -2.30. The number of rotatable bonds is 8. The average Bonchev–Trinajstić information content (AvgIpc) is 3.13. The molecule has 1 aliphatic rings. The summed E-state index contributed by atoms with van der Waals surface area (Å²) in [6.07, 6.45) is 4.37. The van der Waals surface area contributed by atoms with Gasteiger partial charge in [0, 0.05) is 23.0 Å². The van der Waals surface area contributed by atoms with Crippen molar-refractivity contribution in [2.45, 2.75) is 5.92 Å². The Morgan fingerprint density at radius 1 is 0.500 bits per heavy atom. The molecule has 4 nitrogen and oxygen atoms in total. The van der Waals surface area contributed by atoms with Gasteiger partial charge in [0.25, 0.3) is 5.69 Å². The van der Waals surface area contributed by atoms with Crippen LogP contribution in [0.2, 0.25) is 0 Å². The van der Waals surface area contributed by atoms with Gasteiger partial charge in [0.1, 0.15) is 11.5 Å². The minimum Gasteiger partial charge on any atom is -0.457 e. The molecule has 6 aromatic carbocycles. The molecule has 0 aliphatic carbocycles. The van der Waals surface area contributed by atoms with Crippen LogP contribution in [-0.4, -0.2) is 4.92 Å². The monoisotopic (exact) mass is 597 g/mol. The molecule has 4 heteroatoms. The van der Waals surface area contributed by atoms with Gasteiger partial charge in [-0.05, 0) is 46.5 Å². The second-order valence-corrected chi connectivity index (χ2v) is 11.3. The summed E-state index contributed by atoms with van der Waals surface area (Å²) in [6.45, 7) is 0. The fourth-order valence-corrected chi connectivity index (χ4v) is 6.30. The highest BCUT2D eigenvalue weighted by Gasteiger charge is 2.31. The van der Waals surface area contributed by atoms with Crippen LogP contribution in [0.25, 0.3) is 33.8 Å². The fourth-order valence-electron chi connectivity index (χ4n) is 6.30. The Balaban J connectivity index is 1.50. The molecule has 0 spiro atoms. The van der Waals surface area contributed by atoms with Gasteiger partial charge >= 0.3 is 0 Å². The van der Waals surface area contributed by atoms with Crippen molar-refractivity contribution in [3.05, 3.63) is 208 Å². The molecule has 0 saturated carbocycles. The number of benzene rings is 6. The fraction of sp³-hybridized carbons (Fsp3) is 0.0476. The van der Waals surface area contributed by atoms with Gasteiger partial charge in [-0.3, -0.25) is 10.1 Å². The van der Waals surface area contributed by atoms with Gasteiger partial charge in [-0.2, -0.15) is 0 Å². The van der Waals surface area contributed by atoms with Crippen LogP contribution in [0.4, 0.5) is 5.69 Å². The predicted molar refractivity (Wildman–Crippen MR) is 186 cm³/mol. The van der Waals surface area contributed by atoms with Crippen LogP contribution in [0.3, 0.4) is 0 Å². The van der Waals surface area contributed by atoms with E-state index in [4.69, 9.17) is 4.74 Å². The third-order valence-corrected chi connectivity index (χ3v) is 8.41. The zero-order valence-electron chi connectivity index (χ0n) is 25.1. The molecule has 0 radical (unpaired) electrons. The maximum absolute atomic E-state index is 12.8. The molecule has 0 N–H and O–H groups in total. The Morgan fingerprint density at radius 2 is 0.870 bits per heavy atom. The molecule has 222 valence electrons. The topological polar surface area (TPSA) is 52.4 Å². The molecular weight excluding hydrogens is 566 g/mol. The number of ether oxygens (including phenoxy) is 1. The van der Waals surface area contributed by atoms with Gasteiger partial charge in [0.2, 0.25) is 0 Å². The van der Waals surface area contributed by atoms with Gasteiger partial charge < -0.3 is 4.74 Å². The molecule has 1 aliphatic heterocycles. The predicted octanol–water partition coefficient (Wildman–Crippen LogP) is 10.8. The van der Waals surface area contributed by atoms with E-state index in [0.717, 1.165) is 44.9 Å². The van der Waals surface area contributed by atoms with Crippen molar-refractivity contribution in [2.24, 2.45) is 5.92 Å². The molecule has 1 atom stereocenters. The van der Waals surface area contributed by atoms with Crippen LogP contribution >= 0.6 is 0 Å². The number of hydrogen-bond acceptors (Lipinski definition) is 3. The molecule has 0 fully saturated rings. The third-order valence-electron chi connectivity index (χ3n) is 8.41. The first-order valence-electron chi connectivity index (χ1n) is 15.4. The summed E-state index contributed by atoms with van der Waals surface area (Å²) < 4.78 is 6.58. The molecule has 0 bridgehead atoms. The molecule has 0 aromatic heterocycles. The second kappa shape index (κ2) is 12.9. The highest BCUT2D eigenvalue weighted by Crippen LogP contribution is 2.46. The van der Waals surface area contributed by atoms with Gasteiger partial charge in [0.15, 0.2) is 0 Å².